The first kappa shape index (κ1) is 16.5. The fourth-order valence-corrected chi connectivity index (χ4v) is 4.09. The Labute approximate surface area is 156 Å². The van der Waals surface area contributed by atoms with Crippen molar-refractivity contribution in [3.8, 4) is 21.9 Å². The van der Waals surface area contributed by atoms with Crippen LogP contribution in [0.25, 0.3) is 10.4 Å². The molecule has 1 aromatic heterocycles. The Kier molecular flexibility index (Phi) is 4.66. The van der Waals surface area contributed by atoms with Gasteiger partial charge in [0.1, 0.15) is 6.61 Å². The normalized spacial score (nSPS) is 14.6. The van der Waals surface area contributed by atoms with E-state index >= 15 is 0 Å². The molecule has 1 aliphatic heterocycles. The minimum Gasteiger partial charge on any atom is -0.504 e. The molecule has 0 amide bonds. The number of thiophene rings is 1. The first-order valence-electron chi connectivity index (χ1n) is 8.18. The van der Waals surface area contributed by atoms with E-state index in [0.717, 1.165) is 40.7 Å². The number of nitrogens with zero attached hydrogens (tertiary/aromatic N) is 1. The van der Waals surface area contributed by atoms with Crippen molar-refractivity contribution >= 4 is 22.9 Å². The highest BCUT2D eigenvalue weighted by Gasteiger charge is 2.20. The Balaban J connectivity index is 1.63. The van der Waals surface area contributed by atoms with Crippen LogP contribution in [0.5, 0.6) is 11.5 Å². The fraction of sp³-hybridized carbons (Fsp3) is 0.200. The van der Waals surface area contributed by atoms with Gasteiger partial charge in [0.25, 0.3) is 0 Å². The molecule has 0 fully saturated rings. The van der Waals surface area contributed by atoms with Crippen LogP contribution < -0.4 is 4.74 Å². The Morgan fingerprint density at radius 2 is 2.08 bits per heavy atom. The molecule has 3 aromatic rings. The molecule has 1 N–H and O–H groups in total. The van der Waals surface area contributed by atoms with E-state index in [1.165, 1.54) is 5.56 Å². The van der Waals surface area contributed by atoms with Crippen LogP contribution in [0.2, 0.25) is 5.02 Å². The zero-order valence-electron chi connectivity index (χ0n) is 13.6. The Hall–Kier alpha value is -2.01. The first-order chi connectivity index (χ1) is 12.2. The van der Waals surface area contributed by atoms with Gasteiger partial charge in [0.15, 0.2) is 11.5 Å². The number of rotatable bonds is 3. The van der Waals surface area contributed by atoms with Crippen LogP contribution in [0.1, 0.15) is 11.1 Å². The zero-order chi connectivity index (χ0) is 17.2. The van der Waals surface area contributed by atoms with Crippen LogP contribution in [-0.2, 0) is 13.1 Å². The molecule has 0 spiro atoms. The van der Waals surface area contributed by atoms with Gasteiger partial charge in [0, 0.05) is 35.1 Å². The number of ether oxygens (including phenoxy) is 1. The van der Waals surface area contributed by atoms with E-state index in [4.69, 9.17) is 16.3 Å². The maximum Gasteiger partial charge on any atom is 0.165 e. The molecule has 1 aliphatic rings. The number of aromatic hydroxyl groups is 1. The summed E-state index contributed by atoms with van der Waals surface area (Å²) in [4.78, 5) is 3.46. The van der Waals surface area contributed by atoms with E-state index in [1.807, 2.05) is 29.6 Å². The van der Waals surface area contributed by atoms with Crippen LogP contribution in [0.4, 0.5) is 0 Å². The molecule has 128 valence electrons. The van der Waals surface area contributed by atoms with E-state index in [9.17, 15) is 5.11 Å². The van der Waals surface area contributed by atoms with E-state index in [-0.39, 0.29) is 5.75 Å². The van der Waals surface area contributed by atoms with Gasteiger partial charge in [-0.25, -0.2) is 0 Å². The number of benzene rings is 2. The highest BCUT2D eigenvalue weighted by atomic mass is 35.5. The van der Waals surface area contributed by atoms with Gasteiger partial charge in [-0.15, -0.1) is 11.3 Å². The van der Waals surface area contributed by atoms with Crippen LogP contribution in [0, 0.1) is 0 Å². The molecule has 0 bridgehead atoms. The molecule has 2 heterocycles. The standard InChI is InChI=1S/C20H18ClNO2S/c21-17-4-1-3-14(9-17)12-22-6-7-24-20-16(13-22)10-15(11-18(20)23)19-5-2-8-25-19/h1-5,8-11,23H,6-7,12-13H2. The quantitative estimate of drug-likeness (QED) is 0.689. The minimum absolute atomic E-state index is 0.213. The molecule has 0 radical (unpaired) electrons. The number of hydrogen-bond acceptors (Lipinski definition) is 4. The van der Waals surface area contributed by atoms with Crippen LogP contribution >= 0.6 is 22.9 Å². The second-order valence-corrected chi connectivity index (χ2v) is 7.53. The van der Waals surface area contributed by atoms with Crippen molar-refractivity contribution in [2.45, 2.75) is 13.1 Å². The summed E-state index contributed by atoms with van der Waals surface area (Å²) >= 11 is 7.76. The summed E-state index contributed by atoms with van der Waals surface area (Å²) in [6, 6.07) is 15.9. The fourth-order valence-electron chi connectivity index (χ4n) is 3.17. The predicted molar refractivity (Wildman–Crippen MR) is 102 cm³/mol. The van der Waals surface area contributed by atoms with E-state index in [1.54, 1.807) is 17.4 Å². The summed E-state index contributed by atoms with van der Waals surface area (Å²) in [5.41, 5.74) is 3.22. The molecule has 2 aromatic carbocycles. The highest BCUT2D eigenvalue weighted by molar-refractivity contribution is 7.13. The van der Waals surface area contributed by atoms with E-state index in [2.05, 4.69) is 23.1 Å². The average Bonchev–Trinajstić information content (AvgIpc) is 3.04. The van der Waals surface area contributed by atoms with Gasteiger partial charge in [-0.3, -0.25) is 4.90 Å². The molecule has 0 saturated heterocycles. The summed E-state index contributed by atoms with van der Waals surface area (Å²) in [6.45, 7) is 2.89. The van der Waals surface area contributed by atoms with Crippen LogP contribution in [-0.4, -0.2) is 23.2 Å². The topological polar surface area (TPSA) is 32.7 Å². The molecule has 0 saturated carbocycles. The largest absolute Gasteiger partial charge is 0.504 e. The maximum absolute atomic E-state index is 10.4. The van der Waals surface area contributed by atoms with Gasteiger partial charge in [-0.1, -0.05) is 29.8 Å². The summed E-state index contributed by atoms with van der Waals surface area (Å²) in [7, 11) is 0. The predicted octanol–water partition coefficient (Wildman–Crippen LogP) is 5.17. The van der Waals surface area contributed by atoms with Crippen molar-refractivity contribution in [3.63, 3.8) is 0 Å². The SMILES string of the molecule is Oc1cc(-c2cccs2)cc2c1OCCN(Cc1cccc(Cl)c1)C2. The summed E-state index contributed by atoms with van der Waals surface area (Å²) in [5.74, 6) is 0.819. The number of fused-ring (bicyclic) bond motifs is 1. The molecule has 5 heteroatoms. The summed E-state index contributed by atoms with van der Waals surface area (Å²) in [5, 5.41) is 13.2. The lowest BCUT2D eigenvalue weighted by Crippen LogP contribution is -2.25. The number of halogens is 1. The lowest BCUT2D eigenvalue weighted by molar-refractivity contribution is 0.217. The number of hydrogen-bond donors (Lipinski definition) is 1. The molecular formula is C20H18ClNO2S. The smallest absolute Gasteiger partial charge is 0.165 e. The highest BCUT2D eigenvalue weighted by Crippen LogP contribution is 2.38. The van der Waals surface area contributed by atoms with Gasteiger partial charge in [0.2, 0.25) is 0 Å². The lowest BCUT2D eigenvalue weighted by Gasteiger charge is -2.19. The zero-order valence-corrected chi connectivity index (χ0v) is 15.2. The Morgan fingerprint density at radius 1 is 1.16 bits per heavy atom. The molecular weight excluding hydrogens is 354 g/mol. The number of phenolic OH excluding ortho intramolecular Hbond substituents is 1. The molecule has 25 heavy (non-hydrogen) atoms. The van der Waals surface area contributed by atoms with Crippen molar-refractivity contribution in [2.24, 2.45) is 0 Å². The minimum atomic E-state index is 0.213. The average molecular weight is 372 g/mol. The molecule has 4 rings (SSSR count). The van der Waals surface area contributed by atoms with Gasteiger partial charge >= 0.3 is 0 Å². The second kappa shape index (κ2) is 7.08. The third-order valence-electron chi connectivity index (χ3n) is 4.30. The van der Waals surface area contributed by atoms with Gasteiger partial charge in [-0.05, 0) is 46.8 Å². The Morgan fingerprint density at radius 3 is 2.88 bits per heavy atom. The van der Waals surface area contributed by atoms with Gasteiger partial charge < -0.3 is 9.84 Å². The molecule has 0 atom stereocenters. The summed E-state index contributed by atoms with van der Waals surface area (Å²) in [6.07, 6.45) is 0. The van der Waals surface area contributed by atoms with Crippen molar-refractivity contribution in [1.82, 2.24) is 4.90 Å². The number of phenols is 1. The van der Waals surface area contributed by atoms with Gasteiger partial charge in [-0.2, -0.15) is 0 Å². The lowest BCUT2D eigenvalue weighted by atomic mass is 10.1. The van der Waals surface area contributed by atoms with Crippen LogP contribution in [0.3, 0.4) is 0 Å². The molecule has 3 nitrogen and oxygen atoms in total. The van der Waals surface area contributed by atoms with Gasteiger partial charge in [0.05, 0.1) is 0 Å². The monoisotopic (exact) mass is 371 g/mol. The van der Waals surface area contributed by atoms with Crippen LogP contribution in [0.15, 0.2) is 53.9 Å². The Bertz CT molecular complexity index is 879. The third kappa shape index (κ3) is 3.66. The van der Waals surface area contributed by atoms with E-state index in [0.29, 0.717) is 12.4 Å². The van der Waals surface area contributed by atoms with E-state index < -0.39 is 0 Å². The van der Waals surface area contributed by atoms with Crippen molar-refractivity contribution < 1.29 is 9.84 Å². The third-order valence-corrected chi connectivity index (χ3v) is 5.45. The summed E-state index contributed by atoms with van der Waals surface area (Å²) < 4.78 is 5.83. The second-order valence-electron chi connectivity index (χ2n) is 6.15. The van der Waals surface area contributed by atoms with Crippen molar-refractivity contribution in [3.05, 3.63) is 70.1 Å². The van der Waals surface area contributed by atoms with Crippen molar-refractivity contribution in [2.75, 3.05) is 13.2 Å². The van der Waals surface area contributed by atoms with Crippen molar-refractivity contribution in [1.29, 1.82) is 0 Å². The molecule has 0 unspecified atom stereocenters. The molecule has 0 aliphatic carbocycles. The maximum atomic E-state index is 10.4. The first-order valence-corrected chi connectivity index (χ1v) is 9.44.